The molecule has 0 saturated carbocycles. The van der Waals surface area contributed by atoms with E-state index in [9.17, 15) is 9.59 Å². The van der Waals surface area contributed by atoms with E-state index in [1.807, 2.05) is 0 Å². The van der Waals surface area contributed by atoms with Crippen molar-refractivity contribution in [3.8, 4) is 5.69 Å². The summed E-state index contributed by atoms with van der Waals surface area (Å²) in [6.07, 6.45) is 3.06. The minimum atomic E-state index is -0.678. The van der Waals surface area contributed by atoms with E-state index < -0.39 is 5.91 Å². The second-order valence-electron chi connectivity index (χ2n) is 3.04. The van der Waals surface area contributed by atoms with Crippen molar-refractivity contribution < 1.29 is 4.79 Å². The van der Waals surface area contributed by atoms with Crippen LogP contribution in [0.1, 0.15) is 10.5 Å². The van der Waals surface area contributed by atoms with Gasteiger partial charge in [-0.15, -0.1) is 0 Å². The van der Waals surface area contributed by atoms with Gasteiger partial charge < -0.3 is 5.73 Å². The Labute approximate surface area is 90.4 Å². The highest BCUT2D eigenvalue weighted by atomic mass is 16.1. The van der Waals surface area contributed by atoms with E-state index in [4.69, 9.17) is 5.73 Å². The van der Waals surface area contributed by atoms with Crippen LogP contribution in [-0.2, 0) is 0 Å². The molecule has 0 aromatic carbocycles. The summed E-state index contributed by atoms with van der Waals surface area (Å²) in [4.78, 5) is 26.3. The number of carbonyl (C=O) groups is 1. The Morgan fingerprint density at radius 1 is 1.19 bits per heavy atom. The zero-order chi connectivity index (χ0) is 11.5. The lowest BCUT2D eigenvalue weighted by atomic mass is 10.3. The van der Waals surface area contributed by atoms with E-state index in [0.717, 1.165) is 4.68 Å². The fourth-order valence-electron chi connectivity index (χ4n) is 1.21. The molecule has 1 amide bonds. The van der Waals surface area contributed by atoms with Crippen LogP contribution in [0.4, 0.5) is 0 Å². The monoisotopic (exact) mass is 216 g/mol. The van der Waals surface area contributed by atoms with Gasteiger partial charge in [-0.1, -0.05) is 0 Å². The van der Waals surface area contributed by atoms with E-state index in [0.29, 0.717) is 5.69 Å². The molecule has 2 N–H and O–H groups in total. The highest BCUT2D eigenvalue weighted by Crippen LogP contribution is 2.00. The molecular formula is C10H8N4O2. The molecule has 0 aliphatic carbocycles. The Hall–Kier alpha value is -2.50. The third-order valence-electron chi connectivity index (χ3n) is 1.96. The first-order valence-corrected chi connectivity index (χ1v) is 4.49. The molecule has 6 heteroatoms. The van der Waals surface area contributed by atoms with E-state index in [-0.39, 0.29) is 11.3 Å². The first-order valence-electron chi connectivity index (χ1n) is 4.49. The van der Waals surface area contributed by atoms with Gasteiger partial charge in [-0.3, -0.25) is 14.6 Å². The van der Waals surface area contributed by atoms with Gasteiger partial charge in [-0.25, -0.2) is 0 Å². The summed E-state index contributed by atoms with van der Waals surface area (Å²) in [6, 6.07) is 5.76. The van der Waals surface area contributed by atoms with Crippen molar-refractivity contribution in [2.24, 2.45) is 5.73 Å². The Balaban J connectivity index is 2.61. The Bertz CT molecular complexity index is 577. The second-order valence-corrected chi connectivity index (χ2v) is 3.04. The molecule has 2 aromatic rings. The van der Waals surface area contributed by atoms with Crippen LogP contribution >= 0.6 is 0 Å². The maximum absolute atomic E-state index is 11.5. The molecule has 6 nitrogen and oxygen atoms in total. The van der Waals surface area contributed by atoms with E-state index in [2.05, 4.69) is 10.1 Å². The fraction of sp³-hybridized carbons (Fsp3) is 0. The van der Waals surface area contributed by atoms with Crippen LogP contribution in [0.25, 0.3) is 5.69 Å². The van der Waals surface area contributed by atoms with Gasteiger partial charge in [0.25, 0.3) is 11.5 Å². The van der Waals surface area contributed by atoms with Gasteiger partial charge in [0.15, 0.2) is 0 Å². The molecule has 0 saturated heterocycles. The normalized spacial score (nSPS) is 10.0. The lowest BCUT2D eigenvalue weighted by molar-refractivity contribution is 0.0994. The average molecular weight is 216 g/mol. The number of carbonyl (C=O) groups excluding carboxylic acids is 1. The largest absolute Gasteiger partial charge is 0.364 e. The van der Waals surface area contributed by atoms with Gasteiger partial charge in [0, 0.05) is 18.5 Å². The third-order valence-corrected chi connectivity index (χ3v) is 1.96. The summed E-state index contributed by atoms with van der Waals surface area (Å²) in [5.41, 5.74) is 5.31. The summed E-state index contributed by atoms with van der Waals surface area (Å²) in [6.45, 7) is 0. The molecule has 0 atom stereocenters. The van der Waals surface area contributed by atoms with Crippen molar-refractivity contribution in [3.05, 3.63) is 52.7 Å². The van der Waals surface area contributed by atoms with Gasteiger partial charge in [0.05, 0.1) is 5.69 Å². The fourth-order valence-corrected chi connectivity index (χ4v) is 1.21. The maximum atomic E-state index is 11.5. The predicted octanol–water partition coefficient (Wildman–Crippen LogP) is -0.274. The molecule has 2 aromatic heterocycles. The van der Waals surface area contributed by atoms with Crippen LogP contribution in [0.5, 0.6) is 0 Å². The standard InChI is InChI=1S/C10H8N4O2/c11-10(16)8-1-2-9(15)14(13-8)7-3-5-12-6-4-7/h1-6H,(H2,11,16). The van der Waals surface area contributed by atoms with Crippen molar-refractivity contribution in [1.29, 1.82) is 0 Å². The van der Waals surface area contributed by atoms with Crippen molar-refractivity contribution in [3.63, 3.8) is 0 Å². The number of hydrogen-bond acceptors (Lipinski definition) is 4. The zero-order valence-corrected chi connectivity index (χ0v) is 8.20. The number of amides is 1. The predicted molar refractivity (Wildman–Crippen MR) is 56.1 cm³/mol. The van der Waals surface area contributed by atoms with Gasteiger partial charge >= 0.3 is 0 Å². The molecule has 2 rings (SSSR count). The minimum Gasteiger partial charge on any atom is -0.364 e. The molecule has 0 bridgehead atoms. The lowest BCUT2D eigenvalue weighted by Crippen LogP contribution is -2.25. The molecule has 0 fully saturated rings. The number of nitrogens with zero attached hydrogens (tertiary/aromatic N) is 3. The second kappa shape index (κ2) is 3.93. The number of rotatable bonds is 2. The topological polar surface area (TPSA) is 90.9 Å². The molecule has 2 heterocycles. The number of primary amides is 1. The van der Waals surface area contributed by atoms with Gasteiger partial charge in [0.1, 0.15) is 5.69 Å². The van der Waals surface area contributed by atoms with Crippen LogP contribution < -0.4 is 11.3 Å². The zero-order valence-electron chi connectivity index (χ0n) is 8.20. The van der Waals surface area contributed by atoms with Crippen LogP contribution in [-0.4, -0.2) is 20.7 Å². The van der Waals surface area contributed by atoms with Crippen LogP contribution in [0.15, 0.2) is 41.5 Å². The van der Waals surface area contributed by atoms with Crippen molar-refractivity contribution in [2.75, 3.05) is 0 Å². The molecule has 0 radical (unpaired) electrons. The molecular weight excluding hydrogens is 208 g/mol. The molecule has 80 valence electrons. The van der Waals surface area contributed by atoms with E-state index in [1.54, 1.807) is 12.1 Å². The van der Waals surface area contributed by atoms with E-state index in [1.165, 1.54) is 24.5 Å². The lowest BCUT2D eigenvalue weighted by Gasteiger charge is -2.04. The number of pyridine rings is 1. The number of aromatic nitrogens is 3. The average Bonchev–Trinajstić information content (AvgIpc) is 2.30. The van der Waals surface area contributed by atoms with Crippen LogP contribution in [0.3, 0.4) is 0 Å². The third kappa shape index (κ3) is 1.81. The van der Waals surface area contributed by atoms with Crippen LogP contribution in [0, 0.1) is 0 Å². The summed E-state index contributed by atoms with van der Waals surface area (Å²) < 4.78 is 1.10. The summed E-state index contributed by atoms with van der Waals surface area (Å²) in [7, 11) is 0. The molecule has 0 unspecified atom stereocenters. The summed E-state index contributed by atoms with van der Waals surface area (Å²) >= 11 is 0. The minimum absolute atomic E-state index is 0.0383. The van der Waals surface area contributed by atoms with Gasteiger partial charge in [0.2, 0.25) is 0 Å². The van der Waals surface area contributed by atoms with E-state index >= 15 is 0 Å². The van der Waals surface area contributed by atoms with Gasteiger partial charge in [-0.2, -0.15) is 9.78 Å². The molecule has 0 aliphatic heterocycles. The van der Waals surface area contributed by atoms with Crippen molar-refractivity contribution >= 4 is 5.91 Å². The highest BCUT2D eigenvalue weighted by molar-refractivity contribution is 5.90. The van der Waals surface area contributed by atoms with Gasteiger partial charge in [-0.05, 0) is 18.2 Å². The van der Waals surface area contributed by atoms with Crippen LogP contribution in [0.2, 0.25) is 0 Å². The Morgan fingerprint density at radius 2 is 1.88 bits per heavy atom. The first-order chi connectivity index (χ1) is 7.68. The molecule has 16 heavy (non-hydrogen) atoms. The molecule has 0 aliphatic rings. The Kier molecular flexibility index (Phi) is 2.47. The Morgan fingerprint density at radius 3 is 2.50 bits per heavy atom. The first kappa shape index (κ1) is 10.0. The quantitative estimate of drug-likeness (QED) is 0.747. The van der Waals surface area contributed by atoms with Crippen molar-refractivity contribution in [1.82, 2.24) is 14.8 Å². The number of nitrogens with two attached hydrogens (primary N) is 1. The smallest absolute Gasteiger partial charge is 0.271 e. The maximum Gasteiger partial charge on any atom is 0.271 e. The van der Waals surface area contributed by atoms with Crippen molar-refractivity contribution in [2.45, 2.75) is 0 Å². The molecule has 0 spiro atoms. The SMILES string of the molecule is NC(=O)c1ccc(=O)n(-c2ccncc2)n1. The number of hydrogen-bond donors (Lipinski definition) is 1. The highest BCUT2D eigenvalue weighted by Gasteiger charge is 2.06. The summed E-state index contributed by atoms with van der Waals surface area (Å²) in [5.74, 6) is -0.678. The summed E-state index contributed by atoms with van der Waals surface area (Å²) in [5, 5.41) is 3.84.